The number of aromatic nitrogens is 2. The topological polar surface area (TPSA) is 63.8 Å². The molecule has 0 saturated heterocycles. The molecule has 4 nitrogen and oxygen atoms in total. The van der Waals surface area contributed by atoms with Gasteiger partial charge in [0.25, 0.3) is 0 Å². The average Bonchev–Trinajstić information content (AvgIpc) is 2.32. The summed E-state index contributed by atoms with van der Waals surface area (Å²) in [7, 11) is 0. The summed E-state index contributed by atoms with van der Waals surface area (Å²) < 4.78 is 0. The van der Waals surface area contributed by atoms with E-state index in [2.05, 4.69) is 15.3 Å². The first-order chi connectivity index (χ1) is 8.24. The smallest absolute Gasteiger partial charge is 0.144 e. The van der Waals surface area contributed by atoms with Gasteiger partial charge in [-0.1, -0.05) is 23.7 Å². The van der Waals surface area contributed by atoms with Gasteiger partial charge in [-0.05, 0) is 23.8 Å². The first-order valence-electron chi connectivity index (χ1n) is 5.26. The van der Waals surface area contributed by atoms with E-state index in [1.54, 1.807) is 12.3 Å². The lowest BCUT2D eigenvalue weighted by molar-refractivity contribution is 0.663. The zero-order chi connectivity index (χ0) is 12.1. The normalized spacial score (nSPS) is 10.4. The Labute approximate surface area is 105 Å². The van der Waals surface area contributed by atoms with Crippen LogP contribution in [0.25, 0.3) is 0 Å². The van der Waals surface area contributed by atoms with Gasteiger partial charge in [0.2, 0.25) is 0 Å². The van der Waals surface area contributed by atoms with Crippen molar-refractivity contribution < 1.29 is 0 Å². The van der Waals surface area contributed by atoms with Gasteiger partial charge in [0, 0.05) is 17.8 Å². The zero-order valence-electron chi connectivity index (χ0n) is 9.23. The van der Waals surface area contributed by atoms with Crippen molar-refractivity contribution in [3.05, 3.63) is 52.9 Å². The lowest BCUT2D eigenvalue weighted by atomic mass is 10.2. The second-order valence-electron chi connectivity index (χ2n) is 3.63. The zero-order valence-corrected chi connectivity index (χ0v) is 9.98. The third-order valence-electron chi connectivity index (χ3n) is 2.25. The molecule has 0 unspecified atom stereocenters. The van der Waals surface area contributed by atoms with E-state index in [1.807, 2.05) is 24.3 Å². The van der Waals surface area contributed by atoms with Crippen molar-refractivity contribution in [3.63, 3.8) is 0 Å². The predicted octanol–water partition coefficient (Wildman–Crippen LogP) is 2.00. The standard InChI is InChI=1S/C12H13ClN4/c13-10-3-1-9(2-4-10)7-15-8-12-16-6-5-11(14)17-12/h1-6,15H,7-8H2,(H2,14,16,17). The molecular weight excluding hydrogens is 236 g/mol. The van der Waals surface area contributed by atoms with E-state index in [4.69, 9.17) is 17.3 Å². The molecule has 0 fully saturated rings. The molecule has 1 heterocycles. The van der Waals surface area contributed by atoms with Crippen molar-refractivity contribution in [1.29, 1.82) is 0 Å². The van der Waals surface area contributed by atoms with Gasteiger partial charge in [-0.2, -0.15) is 0 Å². The highest BCUT2D eigenvalue weighted by Gasteiger charge is 1.97. The van der Waals surface area contributed by atoms with Gasteiger partial charge in [-0.3, -0.25) is 0 Å². The second kappa shape index (κ2) is 5.61. The van der Waals surface area contributed by atoms with Crippen LogP contribution < -0.4 is 11.1 Å². The fourth-order valence-electron chi connectivity index (χ4n) is 1.42. The molecule has 1 aromatic carbocycles. The number of nitrogens with zero attached hydrogens (tertiary/aromatic N) is 2. The monoisotopic (exact) mass is 248 g/mol. The number of hydrogen-bond acceptors (Lipinski definition) is 4. The van der Waals surface area contributed by atoms with Crippen LogP contribution in [0, 0.1) is 0 Å². The SMILES string of the molecule is Nc1ccnc(CNCc2ccc(Cl)cc2)n1. The van der Waals surface area contributed by atoms with Crippen LogP contribution in [0.2, 0.25) is 5.02 Å². The van der Waals surface area contributed by atoms with Crippen molar-refractivity contribution in [3.8, 4) is 0 Å². The van der Waals surface area contributed by atoms with E-state index in [0.717, 1.165) is 11.6 Å². The van der Waals surface area contributed by atoms with Crippen molar-refractivity contribution in [1.82, 2.24) is 15.3 Å². The van der Waals surface area contributed by atoms with Crippen LogP contribution in [0.3, 0.4) is 0 Å². The molecule has 17 heavy (non-hydrogen) atoms. The first-order valence-corrected chi connectivity index (χ1v) is 5.64. The number of halogens is 1. The summed E-state index contributed by atoms with van der Waals surface area (Å²) in [6, 6.07) is 9.37. The summed E-state index contributed by atoms with van der Waals surface area (Å²) in [4.78, 5) is 8.21. The Morgan fingerprint density at radius 3 is 2.59 bits per heavy atom. The molecule has 0 amide bonds. The lowest BCUT2D eigenvalue weighted by Crippen LogP contribution is -2.15. The molecule has 0 aliphatic heterocycles. The van der Waals surface area contributed by atoms with Gasteiger partial charge in [0.1, 0.15) is 11.6 Å². The lowest BCUT2D eigenvalue weighted by Gasteiger charge is -2.04. The van der Waals surface area contributed by atoms with Crippen molar-refractivity contribution >= 4 is 17.4 Å². The molecule has 0 atom stereocenters. The number of benzene rings is 1. The van der Waals surface area contributed by atoms with Crippen LogP contribution in [0.5, 0.6) is 0 Å². The van der Waals surface area contributed by atoms with Gasteiger partial charge >= 0.3 is 0 Å². The number of rotatable bonds is 4. The van der Waals surface area contributed by atoms with Gasteiger partial charge < -0.3 is 11.1 Å². The van der Waals surface area contributed by atoms with Gasteiger partial charge in [-0.15, -0.1) is 0 Å². The van der Waals surface area contributed by atoms with Crippen LogP contribution in [-0.2, 0) is 13.1 Å². The van der Waals surface area contributed by atoms with Crippen LogP contribution in [0.4, 0.5) is 5.82 Å². The van der Waals surface area contributed by atoms with Crippen LogP contribution >= 0.6 is 11.6 Å². The summed E-state index contributed by atoms with van der Waals surface area (Å²) in [5.41, 5.74) is 6.73. The third kappa shape index (κ3) is 3.69. The maximum absolute atomic E-state index is 5.80. The van der Waals surface area contributed by atoms with Crippen LogP contribution in [0.1, 0.15) is 11.4 Å². The Bertz CT molecular complexity index is 484. The van der Waals surface area contributed by atoms with E-state index in [1.165, 1.54) is 5.56 Å². The molecule has 2 rings (SSSR count). The maximum atomic E-state index is 5.80. The van der Waals surface area contributed by atoms with Gasteiger partial charge in [-0.25, -0.2) is 9.97 Å². The summed E-state index contributed by atoms with van der Waals surface area (Å²) in [5.74, 6) is 1.18. The summed E-state index contributed by atoms with van der Waals surface area (Å²) >= 11 is 5.80. The Kier molecular flexibility index (Phi) is 3.90. The Hall–Kier alpha value is -1.65. The molecule has 5 heteroatoms. The van der Waals surface area contributed by atoms with Gasteiger partial charge in [0.15, 0.2) is 0 Å². The van der Waals surface area contributed by atoms with E-state index < -0.39 is 0 Å². The van der Waals surface area contributed by atoms with E-state index in [9.17, 15) is 0 Å². The first kappa shape index (κ1) is 11.8. The summed E-state index contributed by atoms with van der Waals surface area (Å²) in [6.07, 6.45) is 1.65. The van der Waals surface area contributed by atoms with E-state index >= 15 is 0 Å². The van der Waals surface area contributed by atoms with E-state index in [-0.39, 0.29) is 0 Å². The second-order valence-corrected chi connectivity index (χ2v) is 4.06. The summed E-state index contributed by atoms with van der Waals surface area (Å²) in [5, 5.41) is 3.98. The minimum absolute atomic E-state index is 0.489. The number of hydrogen-bond donors (Lipinski definition) is 2. The van der Waals surface area contributed by atoms with Crippen LogP contribution in [0.15, 0.2) is 36.5 Å². The van der Waals surface area contributed by atoms with Crippen molar-refractivity contribution in [2.24, 2.45) is 0 Å². The molecule has 0 saturated carbocycles. The highest BCUT2D eigenvalue weighted by atomic mass is 35.5. The molecule has 0 spiro atoms. The molecular formula is C12H13ClN4. The Balaban J connectivity index is 1.85. The van der Waals surface area contributed by atoms with Gasteiger partial charge in [0.05, 0.1) is 6.54 Å². The molecule has 3 N–H and O–H groups in total. The fraction of sp³-hybridized carbons (Fsp3) is 0.167. The minimum Gasteiger partial charge on any atom is -0.384 e. The molecule has 0 aliphatic rings. The Morgan fingerprint density at radius 1 is 1.12 bits per heavy atom. The number of nitrogens with one attached hydrogen (secondary N) is 1. The minimum atomic E-state index is 0.489. The summed E-state index contributed by atoms with van der Waals surface area (Å²) in [6.45, 7) is 1.34. The average molecular weight is 249 g/mol. The molecule has 2 aromatic rings. The quantitative estimate of drug-likeness (QED) is 0.869. The highest BCUT2D eigenvalue weighted by Crippen LogP contribution is 2.09. The molecule has 1 aromatic heterocycles. The fourth-order valence-corrected chi connectivity index (χ4v) is 1.55. The number of anilines is 1. The molecule has 88 valence electrons. The van der Waals surface area contributed by atoms with Crippen LogP contribution in [-0.4, -0.2) is 9.97 Å². The van der Waals surface area contributed by atoms with Crippen molar-refractivity contribution in [2.75, 3.05) is 5.73 Å². The molecule has 0 aliphatic carbocycles. The predicted molar refractivity (Wildman–Crippen MR) is 68.4 cm³/mol. The number of nitrogen functional groups attached to an aromatic ring is 1. The third-order valence-corrected chi connectivity index (χ3v) is 2.50. The largest absolute Gasteiger partial charge is 0.384 e. The maximum Gasteiger partial charge on any atom is 0.144 e. The molecule has 0 bridgehead atoms. The highest BCUT2D eigenvalue weighted by molar-refractivity contribution is 6.30. The van der Waals surface area contributed by atoms with E-state index in [0.29, 0.717) is 18.2 Å². The number of nitrogens with two attached hydrogens (primary N) is 1. The van der Waals surface area contributed by atoms with Crippen molar-refractivity contribution in [2.45, 2.75) is 13.1 Å². The molecule has 0 radical (unpaired) electrons. The Morgan fingerprint density at radius 2 is 1.88 bits per heavy atom.